The monoisotopic (exact) mass is 292 g/mol. The lowest BCUT2D eigenvalue weighted by molar-refractivity contribution is 0.168. The molecular formula is C15H17ClN2S. The van der Waals surface area contributed by atoms with E-state index in [4.69, 9.17) is 17.3 Å². The Balaban J connectivity index is 1.81. The molecule has 1 aliphatic rings. The van der Waals surface area contributed by atoms with Crippen molar-refractivity contribution in [1.82, 2.24) is 4.90 Å². The van der Waals surface area contributed by atoms with E-state index >= 15 is 0 Å². The molecule has 0 amide bonds. The van der Waals surface area contributed by atoms with Crippen LogP contribution in [0.4, 0.5) is 0 Å². The van der Waals surface area contributed by atoms with E-state index in [2.05, 4.69) is 35.2 Å². The molecule has 0 saturated carbocycles. The number of nitrogens with two attached hydrogens (primary N) is 1. The van der Waals surface area contributed by atoms with Gasteiger partial charge in [-0.15, -0.1) is 11.3 Å². The van der Waals surface area contributed by atoms with Gasteiger partial charge < -0.3 is 5.73 Å². The molecule has 19 heavy (non-hydrogen) atoms. The standard InChI is InChI=1S/C15H17ClN2S/c16-15-6-5-14(19-15)10-18-9-12-4-2-1-3-11(12)7-13(18)8-17/h1-6,13H,7-10,17H2. The minimum atomic E-state index is 0.427. The minimum Gasteiger partial charge on any atom is -0.329 e. The molecule has 0 radical (unpaired) electrons. The molecule has 1 aliphatic heterocycles. The molecule has 0 saturated heterocycles. The summed E-state index contributed by atoms with van der Waals surface area (Å²) < 4.78 is 0.858. The van der Waals surface area contributed by atoms with E-state index in [1.165, 1.54) is 16.0 Å². The minimum absolute atomic E-state index is 0.427. The summed E-state index contributed by atoms with van der Waals surface area (Å²) in [6.45, 7) is 2.62. The quantitative estimate of drug-likeness (QED) is 0.941. The van der Waals surface area contributed by atoms with Crippen molar-refractivity contribution in [3.63, 3.8) is 0 Å². The first-order valence-corrected chi connectivity index (χ1v) is 7.71. The number of thiophene rings is 1. The van der Waals surface area contributed by atoms with Gasteiger partial charge in [-0.3, -0.25) is 4.90 Å². The zero-order chi connectivity index (χ0) is 13.2. The van der Waals surface area contributed by atoms with Crippen LogP contribution in [0.1, 0.15) is 16.0 Å². The largest absolute Gasteiger partial charge is 0.329 e. The highest BCUT2D eigenvalue weighted by Gasteiger charge is 2.25. The van der Waals surface area contributed by atoms with Gasteiger partial charge >= 0.3 is 0 Å². The zero-order valence-corrected chi connectivity index (χ0v) is 12.3. The molecule has 0 fully saturated rings. The fraction of sp³-hybridized carbons (Fsp3) is 0.333. The highest BCUT2D eigenvalue weighted by Crippen LogP contribution is 2.28. The fourth-order valence-corrected chi connectivity index (χ4v) is 3.81. The predicted molar refractivity (Wildman–Crippen MR) is 81.6 cm³/mol. The number of rotatable bonds is 3. The van der Waals surface area contributed by atoms with Crippen molar-refractivity contribution in [3.05, 3.63) is 56.7 Å². The second-order valence-corrected chi connectivity index (χ2v) is 6.77. The first kappa shape index (κ1) is 13.1. The van der Waals surface area contributed by atoms with Crippen molar-refractivity contribution in [2.45, 2.75) is 25.6 Å². The van der Waals surface area contributed by atoms with E-state index in [1.54, 1.807) is 11.3 Å². The van der Waals surface area contributed by atoms with Gasteiger partial charge in [0.25, 0.3) is 0 Å². The zero-order valence-electron chi connectivity index (χ0n) is 10.7. The Kier molecular flexibility index (Phi) is 3.89. The van der Waals surface area contributed by atoms with Gasteiger partial charge in [-0.1, -0.05) is 35.9 Å². The molecule has 3 rings (SSSR count). The van der Waals surface area contributed by atoms with Crippen LogP contribution in [0.5, 0.6) is 0 Å². The summed E-state index contributed by atoms with van der Waals surface area (Å²) in [6.07, 6.45) is 1.05. The average molecular weight is 293 g/mol. The molecule has 1 unspecified atom stereocenters. The fourth-order valence-electron chi connectivity index (χ4n) is 2.70. The summed E-state index contributed by atoms with van der Waals surface area (Å²) in [4.78, 5) is 3.77. The van der Waals surface area contributed by atoms with Crippen molar-refractivity contribution in [1.29, 1.82) is 0 Å². The average Bonchev–Trinajstić information content (AvgIpc) is 2.83. The number of benzene rings is 1. The Labute approximate surface area is 122 Å². The van der Waals surface area contributed by atoms with E-state index in [1.807, 2.05) is 6.07 Å². The molecule has 0 bridgehead atoms. The van der Waals surface area contributed by atoms with Crippen LogP contribution in [0, 0.1) is 0 Å². The van der Waals surface area contributed by atoms with Gasteiger partial charge in [-0.05, 0) is 29.7 Å². The summed E-state index contributed by atoms with van der Waals surface area (Å²) >= 11 is 7.66. The Hall–Kier alpha value is -0.870. The number of hydrogen-bond donors (Lipinski definition) is 1. The molecule has 2 heterocycles. The van der Waals surface area contributed by atoms with Crippen LogP contribution < -0.4 is 5.73 Å². The normalized spacial score (nSPS) is 19.4. The second-order valence-electron chi connectivity index (χ2n) is 4.97. The number of halogens is 1. The smallest absolute Gasteiger partial charge is 0.0931 e. The highest BCUT2D eigenvalue weighted by molar-refractivity contribution is 7.16. The van der Waals surface area contributed by atoms with Crippen LogP contribution in [-0.4, -0.2) is 17.5 Å². The molecule has 0 spiro atoms. The Morgan fingerprint density at radius 1 is 1.21 bits per heavy atom. The van der Waals surface area contributed by atoms with Gasteiger partial charge in [0.2, 0.25) is 0 Å². The van der Waals surface area contributed by atoms with E-state index < -0.39 is 0 Å². The molecule has 4 heteroatoms. The third-order valence-electron chi connectivity index (χ3n) is 3.72. The lowest BCUT2D eigenvalue weighted by Gasteiger charge is -2.36. The van der Waals surface area contributed by atoms with Crippen molar-refractivity contribution >= 4 is 22.9 Å². The summed E-state index contributed by atoms with van der Waals surface area (Å²) in [6, 6.07) is 13.2. The maximum absolute atomic E-state index is 6.00. The van der Waals surface area contributed by atoms with Gasteiger partial charge in [0, 0.05) is 30.6 Å². The first-order valence-electron chi connectivity index (χ1n) is 6.51. The topological polar surface area (TPSA) is 29.3 Å². The number of nitrogens with zero attached hydrogens (tertiary/aromatic N) is 1. The maximum atomic E-state index is 6.00. The number of hydrogen-bond acceptors (Lipinski definition) is 3. The van der Waals surface area contributed by atoms with Crippen LogP contribution in [-0.2, 0) is 19.5 Å². The van der Waals surface area contributed by atoms with Gasteiger partial charge in [-0.25, -0.2) is 0 Å². The summed E-state index contributed by atoms with van der Waals surface area (Å²) in [5.74, 6) is 0. The molecule has 2 N–H and O–H groups in total. The summed E-state index contributed by atoms with van der Waals surface area (Å²) in [5.41, 5.74) is 8.81. The van der Waals surface area contributed by atoms with Gasteiger partial charge in [-0.2, -0.15) is 0 Å². The van der Waals surface area contributed by atoms with Crippen LogP contribution >= 0.6 is 22.9 Å². The van der Waals surface area contributed by atoms with Crippen LogP contribution in [0.2, 0.25) is 4.34 Å². The Bertz CT molecular complexity index is 567. The second kappa shape index (κ2) is 5.63. The van der Waals surface area contributed by atoms with Gasteiger partial charge in [0.1, 0.15) is 0 Å². The summed E-state index contributed by atoms with van der Waals surface area (Å²) in [5, 5.41) is 0. The van der Waals surface area contributed by atoms with E-state index in [-0.39, 0.29) is 0 Å². The molecule has 1 aromatic heterocycles. The predicted octanol–water partition coefficient (Wildman–Crippen LogP) is 3.29. The summed E-state index contributed by atoms with van der Waals surface area (Å²) in [7, 11) is 0. The molecule has 1 atom stereocenters. The molecule has 0 aliphatic carbocycles. The highest BCUT2D eigenvalue weighted by atomic mass is 35.5. The first-order chi connectivity index (χ1) is 9.26. The third kappa shape index (κ3) is 2.84. The molecular weight excluding hydrogens is 276 g/mol. The van der Waals surface area contributed by atoms with Crippen molar-refractivity contribution in [3.8, 4) is 0 Å². The van der Waals surface area contributed by atoms with Gasteiger partial charge in [0.05, 0.1) is 4.34 Å². The maximum Gasteiger partial charge on any atom is 0.0931 e. The van der Waals surface area contributed by atoms with Gasteiger partial charge in [0.15, 0.2) is 0 Å². The van der Waals surface area contributed by atoms with Crippen molar-refractivity contribution in [2.24, 2.45) is 5.73 Å². The Morgan fingerprint density at radius 2 is 2.00 bits per heavy atom. The molecule has 100 valence electrons. The molecule has 1 aromatic carbocycles. The van der Waals surface area contributed by atoms with Crippen molar-refractivity contribution in [2.75, 3.05) is 6.54 Å². The lowest BCUT2D eigenvalue weighted by atomic mass is 9.94. The molecule has 2 nitrogen and oxygen atoms in total. The van der Waals surface area contributed by atoms with Crippen LogP contribution in [0.15, 0.2) is 36.4 Å². The van der Waals surface area contributed by atoms with Crippen molar-refractivity contribution < 1.29 is 0 Å². The van der Waals surface area contributed by atoms with Crippen LogP contribution in [0.3, 0.4) is 0 Å². The van der Waals surface area contributed by atoms with Crippen LogP contribution in [0.25, 0.3) is 0 Å². The molecule has 2 aromatic rings. The number of fused-ring (bicyclic) bond motifs is 1. The van der Waals surface area contributed by atoms with E-state index in [0.717, 1.165) is 23.8 Å². The lowest BCUT2D eigenvalue weighted by Crippen LogP contribution is -2.44. The Morgan fingerprint density at radius 3 is 2.68 bits per heavy atom. The van der Waals surface area contributed by atoms with E-state index in [9.17, 15) is 0 Å². The van der Waals surface area contributed by atoms with E-state index in [0.29, 0.717) is 12.6 Å². The SMILES string of the molecule is NCC1Cc2ccccc2CN1Cc1ccc(Cl)s1. The third-order valence-corrected chi connectivity index (χ3v) is 4.94.